The first-order valence-electron chi connectivity index (χ1n) is 13.4. The molecule has 2 aromatic rings. The van der Waals surface area contributed by atoms with Crippen LogP contribution in [0.2, 0.25) is 0 Å². The lowest BCUT2D eigenvalue weighted by atomic mass is 9.83. The Bertz CT molecular complexity index is 1210. The molecule has 0 radical (unpaired) electrons. The molecular formula is C29H35F3N2O3. The van der Waals surface area contributed by atoms with Gasteiger partial charge in [-0.3, -0.25) is 4.79 Å². The summed E-state index contributed by atoms with van der Waals surface area (Å²) < 4.78 is 48.0. The molecule has 0 spiro atoms. The second kappa shape index (κ2) is 10.6. The van der Waals surface area contributed by atoms with Crippen molar-refractivity contribution in [1.82, 2.24) is 4.57 Å². The van der Waals surface area contributed by atoms with Crippen molar-refractivity contribution in [3.05, 3.63) is 53.3 Å². The number of fused-ring (bicyclic) bond motifs is 3. The van der Waals surface area contributed by atoms with Crippen LogP contribution >= 0.6 is 0 Å². The number of ether oxygens (including phenoxy) is 1. The standard InChI is InChI=1S/C29H35F3N2O3/c1-2-5-23(19-10-12-21(13-11-19)29(30,31)32)34-25-9-4-8-24(33-14-16-37-17-15-33)27(25)22-7-3-6-20(28(22)34)18-26(35)36/h4,8-12,20-21,23H,2-3,5-7,13-18H2,1H3,(H,35,36). The molecule has 3 unspecified atom stereocenters. The van der Waals surface area contributed by atoms with Crippen LogP contribution in [0.4, 0.5) is 18.9 Å². The Morgan fingerprint density at radius 1 is 1.24 bits per heavy atom. The van der Waals surface area contributed by atoms with Crippen LogP contribution in [0.1, 0.15) is 68.7 Å². The number of carboxylic acids is 1. The monoisotopic (exact) mass is 516 g/mol. The molecule has 1 saturated heterocycles. The molecule has 8 heteroatoms. The zero-order chi connectivity index (χ0) is 26.2. The Morgan fingerprint density at radius 3 is 2.68 bits per heavy atom. The number of anilines is 1. The number of morpholine rings is 1. The fourth-order valence-corrected chi connectivity index (χ4v) is 6.46. The SMILES string of the molecule is CCCC(C1=CCC(C(F)(F)F)C=C1)n1c2c(c3c(N4CCOCC4)cccc31)CCCC2CC(=O)O. The maximum absolute atomic E-state index is 13.4. The predicted octanol–water partition coefficient (Wildman–Crippen LogP) is 6.78. The molecule has 5 nitrogen and oxygen atoms in total. The van der Waals surface area contributed by atoms with Crippen LogP contribution in [0.15, 0.2) is 42.0 Å². The molecule has 0 saturated carbocycles. The van der Waals surface area contributed by atoms with E-state index in [1.165, 1.54) is 17.0 Å². The molecule has 2 heterocycles. The number of aliphatic carboxylic acids is 1. The summed E-state index contributed by atoms with van der Waals surface area (Å²) in [7, 11) is 0. The number of rotatable bonds is 7. The van der Waals surface area contributed by atoms with Gasteiger partial charge in [-0.05, 0) is 55.4 Å². The highest BCUT2D eigenvalue weighted by Gasteiger charge is 2.39. The maximum atomic E-state index is 13.4. The highest BCUT2D eigenvalue weighted by atomic mass is 19.4. The molecule has 1 aromatic heterocycles. The van der Waals surface area contributed by atoms with E-state index in [0.29, 0.717) is 13.2 Å². The van der Waals surface area contributed by atoms with Crippen molar-refractivity contribution in [3.63, 3.8) is 0 Å². The second-order valence-corrected chi connectivity index (χ2v) is 10.4. The van der Waals surface area contributed by atoms with Crippen LogP contribution in [0, 0.1) is 5.92 Å². The Labute approximate surface area is 215 Å². The number of allylic oxidation sites excluding steroid dienone is 4. The van der Waals surface area contributed by atoms with Gasteiger partial charge in [-0.1, -0.05) is 37.6 Å². The van der Waals surface area contributed by atoms with Gasteiger partial charge in [-0.15, -0.1) is 0 Å². The minimum absolute atomic E-state index is 0.0556. The number of benzene rings is 1. The number of nitrogens with zero attached hydrogens (tertiary/aromatic N) is 2. The van der Waals surface area contributed by atoms with Gasteiger partial charge >= 0.3 is 12.1 Å². The lowest BCUT2D eigenvalue weighted by Gasteiger charge is -2.31. The van der Waals surface area contributed by atoms with Gasteiger partial charge in [-0.2, -0.15) is 13.2 Å². The first-order chi connectivity index (χ1) is 17.8. The predicted molar refractivity (Wildman–Crippen MR) is 138 cm³/mol. The third-order valence-electron chi connectivity index (χ3n) is 8.10. The van der Waals surface area contributed by atoms with E-state index in [1.54, 1.807) is 12.2 Å². The van der Waals surface area contributed by atoms with Gasteiger partial charge in [0.25, 0.3) is 0 Å². The number of hydrogen-bond donors (Lipinski definition) is 1. The molecule has 0 amide bonds. The van der Waals surface area contributed by atoms with Crippen molar-refractivity contribution in [2.45, 2.75) is 70.0 Å². The van der Waals surface area contributed by atoms with Crippen molar-refractivity contribution in [1.29, 1.82) is 0 Å². The van der Waals surface area contributed by atoms with Crippen LogP contribution in [-0.2, 0) is 16.0 Å². The summed E-state index contributed by atoms with van der Waals surface area (Å²) >= 11 is 0. The van der Waals surface area contributed by atoms with Crippen LogP contribution in [0.5, 0.6) is 0 Å². The summed E-state index contributed by atoms with van der Waals surface area (Å²) in [6.07, 6.45) is 4.67. The van der Waals surface area contributed by atoms with E-state index in [1.807, 2.05) is 0 Å². The number of halogens is 3. The van der Waals surface area contributed by atoms with E-state index in [4.69, 9.17) is 4.74 Å². The lowest BCUT2D eigenvalue weighted by Crippen LogP contribution is -2.36. The van der Waals surface area contributed by atoms with Crippen molar-refractivity contribution in [2.75, 3.05) is 31.2 Å². The molecular weight excluding hydrogens is 481 g/mol. The Balaban J connectivity index is 1.69. The van der Waals surface area contributed by atoms with E-state index in [0.717, 1.165) is 67.7 Å². The molecule has 200 valence electrons. The lowest BCUT2D eigenvalue weighted by molar-refractivity contribution is -0.160. The van der Waals surface area contributed by atoms with Crippen LogP contribution in [0.3, 0.4) is 0 Å². The Kier molecular flexibility index (Phi) is 7.39. The molecule has 3 atom stereocenters. The highest BCUT2D eigenvalue weighted by Crippen LogP contribution is 2.47. The third kappa shape index (κ3) is 5.05. The topological polar surface area (TPSA) is 54.7 Å². The first-order valence-corrected chi connectivity index (χ1v) is 13.4. The summed E-state index contributed by atoms with van der Waals surface area (Å²) in [5, 5.41) is 10.9. The summed E-state index contributed by atoms with van der Waals surface area (Å²) in [6.45, 7) is 5.00. The van der Waals surface area contributed by atoms with Gasteiger partial charge in [0.2, 0.25) is 0 Å². The van der Waals surface area contributed by atoms with Gasteiger partial charge < -0.3 is 19.3 Å². The van der Waals surface area contributed by atoms with Gasteiger partial charge in [0.05, 0.1) is 37.1 Å². The molecule has 5 rings (SSSR count). The van der Waals surface area contributed by atoms with Crippen LogP contribution in [-0.4, -0.2) is 48.1 Å². The molecule has 37 heavy (non-hydrogen) atoms. The minimum atomic E-state index is -4.25. The van der Waals surface area contributed by atoms with E-state index in [-0.39, 0.29) is 24.8 Å². The van der Waals surface area contributed by atoms with Crippen molar-refractivity contribution in [3.8, 4) is 0 Å². The molecule has 2 aliphatic carbocycles. The minimum Gasteiger partial charge on any atom is -0.481 e. The van der Waals surface area contributed by atoms with Gasteiger partial charge in [0.15, 0.2) is 0 Å². The fraction of sp³-hybridized carbons (Fsp3) is 0.552. The van der Waals surface area contributed by atoms with Crippen LogP contribution in [0.25, 0.3) is 10.9 Å². The number of alkyl halides is 3. The second-order valence-electron chi connectivity index (χ2n) is 10.4. The summed E-state index contributed by atoms with van der Waals surface area (Å²) in [4.78, 5) is 14.2. The number of aromatic nitrogens is 1. The Morgan fingerprint density at radius 2 is 2.03 bits per heavy atom. The smallest absolute Gasteiger partial charge is 0.395 e. The number of hydrogen-bond acceptors (Lipinski definition) is 3. The quantitative estimate of drug-likeness (QED) is 0.441. The molecule has 1 aromatic carbocycles. The fourth-order valence-electron chi connectivity index (χ4n) is 6.46. The van der Waals surface area contributed by atoms with Crippen molar-refractivity contribution < 1.29 is 27.8 Å². The highest BCUT2D eigenvalue weighted by molar-refractivity contribution is 5.98. The summed E-state index contributed by atoms with van der Waals surface area (Å²) in [5.74, 6) is -2.40. The average Bonchev–Trinajstić information content (AvgIpc) is 3.22. The zero-order valence-corrected chi connectivity index (χ0v) is 21.3. The van der Waals surface area contributed by atoms with Crippen molar-refractivity contribution in [2.24, 2.45) is 5.92 Å². The van der Waals surface area contributed by atoms with Crippen LogP contribution < -0.4 is 4.90 Å². The molecule has 3 aliphatic rings. The molecule has 1 aliphatic heterocycles. The molecule has 1 N–H and O–H groups in total. The summed E-state index contributed by atoms with van der Waals surface area (Å²) in [5.41, 5.74) is 5.36. The van der Waals surface area contributed by atoms with Gasteiger partial charge in [0.1, 0.15) is 0 Å². The van der Waals surface area contributed by atoms with E-state index >= 15 is 0 Å². The van der Waals surface area contributed by atoms with Crippen molar-refractivity contribution >= 4 is 22.6 Å². The normalized spacial score (nSPS) is 23.1. The number of carbonyl (C=O) groups is 1. The zero-order valence-electron chi connectivity index (χ0n) is 21.3. The number of aryl methyl sites for hydroxylation is 1. The van der Waals surface area contributed by atoms with E-state index < -0.39 is 18.1 Å². The van der Waals surface area contributed by atoms with Gasteiger partial charge in [0, 0.05) is 35.8 Å². The molecule has 1 fully saturated rings. The largest absolute Gasteiger partial charge is 0.481 e. The molecule has 0 bridgehead atoms. The average molecular weight is 517 g/mol. The maximum Gasteiger partial charge on any atom is 0.395 e. The van der Waals surface area contributed by atoms with E-state index in [9.17, 15) is 23.1 Å². The van der Waals surface area contributed by atoms with Gasteiger partial charge in [-0.25, -0.2) is 0 Å². The summed E-state index contributed by atoms with van der Waals surface area (Å²) in [6, 6.07) is 6.15. The third-order valence-corrected chi connectivity index (χ3v) is 8.10. The Hall–Kier alpha value is -2.74. The number of carboxylic acid groups (broad SMARTS) is 1. The first kappa shape index (κ1) is 25.9. The van der Waals surface area contributed by atoms with E-state index in [2.05, 4.69) is 34.6 Å².